The fourth-order valence-corrected chi connectivity index (χ4v) is 3.79. The lowest BCUT2D eigenvalue weighted by Gasteiger charge is -2.23. The standard InChI is InChI=1S/C23H23FN2O4/c24-18-9-7-16(8-10-18)12-19-13-25-23(30-19)20-5-3-11-26(20)14-17-4-1-2-6-21(17)29-15-22(27)28/h1-2,4,6-10,13,20H,3,5,11-12,14-15H2,(H,27,28). The Morgan fingerprint density at radius 1 is 1.23 bits per heavy atom. The van der Waals surface area contributed by atoms with Crippen molar-refractivity contribution in [3.8, 4) is 5.75 Å². The highest BCUT2D eigenvalue weighted by Gasteiger charge is 2.30. The summed E-state index contributed by atoms with van der Waals surface area (Å²) in [7, 11) is 0. The van der Waals surface area contributed by atoms with Crippen LogP contribution >= 0.6 is 0 Å². The molecule has 0 saturated carbocycles. The number of carboxylic acid groups (broad SMARTS) is 1. The Balaban J connectivity index is 1.45. The van der Waals surface area contributed by atoms with Crippen molar-refractivity contribution >= 4 is 5.97 Å². The van der Waals surface area contributed by atoms with E-state index in [1.165, 1.54) is 12.1 Å². The van der Waals surface area contributed by atoms with E-state index < -0.39 is 5.97 Å². The Morgan fingerprint density at radius 2 is 2.03 bits per heavy atom. The van der Waals surface area contributed by atoms with E-state index in [-0.39, 0.29) is 18.5 Å². The van der Waals surface area contributed by atoms with Crippen LogP contribution < -0.4 is 4.74 Å². The van der Waals surface area contributed by atoms with Gasteiger partial charge in [0.05, 0.1) is 12.2 Å². The molecule has 0 spiro atoms. The average Bonchev–Trinajstić information content (AvgIpc) is 3.38. The molecule has 3 aromatic rings. The molecule has 7 heteroatoms. The molecule has 156 valence electrons. The summed E-state index contributed by atoms with van der Waals surface area (Å²) >= 11 is 0. The summed E-state index contributed by atoms with van der Waals surface area (Å²) in [5, 5.41) is 8.89. The van der Waals surface area contributed by atoms with Crippen LogP contribution in [0.15, 0.2) is 59.1 Å². The van der Waals surface area contributed by atoms with Gasteiger partial charge in [-0.15, -0.1) is 0 Å². The molecule has 1 atom stereocenters. The van der Waals surface area contributed by atoms with Gasteiger partial charge in [-0.25, -0.2) is 14.2 Å². The maximum absolute atomic E-state index is 13.1. The third-order valence-electron chi connectivity index (χ3n) is 5.21. The van der Waals surface area contributed by atoms with E-state index >= 15 is 0 Å². The number of carbonyl (C=O) groups is 1. The van der Waals surface area contributed by atoms with Gasteiger partial charge in [-0.3, -0.25) is 4.90 Å². The van der Waals surface area contributed by atoms with E-state index in [9.17, 15) is 9.18 Å². The number of hydrogen-bond acceptors (Lipinski definition) is 5. The summed E-state index contributed by atoms with van der Waals surface area (Å²) in [4.78, 5) is 17.6. The normalized spacial score (nSPS) is 16.6. The number of aliphatic carboxylic acids is 1. The lowest BCUT2D eigenvalue weighted by atomic mass is 10.1. The smallest absolute Gasteiger partial charge is 0.341 e. The number of para-hydroxylation sites is 1. The second-order valence-electron chi connectivity index (χ2n) is 7.39. The van der Waals surface area contributed by atoms with E-state index in [1.807, 2.05) is 18.2 Å². The van der Waals surface area contributed by atoms with Crippen LogP contribution in [0.4, 0.5) is 4.39 Å². The number of benzene rings is 2. The summed E-state index contributed by atoms with van der Waals surface area (Å²) < 4.78 is 24.6. The van der Waals surface area contributed by atoms with Crippen LogP contribution in [-0.4, -0.2) is 34.1 Å². The number of carboxylic acids is 1. The number of oxazole rings is 1. The number of hydrogen-bond donors (Lipinski definition) is 1. The second-order valence-corrected chi connectivity index (χ2v) is 7.39. The minimum atomic E-state index is -1.00. The molecule has 2 aromatic carbocycles. The Hall–Kier alpha value is -3.19. The first-order valence-electron chi connectivity index (χ1n) is 9.94. The quantitative estimate of drug-likeness (QED) is 0.600. The zero-order valence-corrected chi connectivity index (χ0v) is 16.5. The summed E-state index contributed by atoms with van der Waals surface area (Å²) in [6, 6.07) is 13.9. The molecule has 1 aliphatic heterocycles. The Bertz CT molecular complexity index is 1000. The van der Waals surface area contributed by atoms with Gasteiger partial charge in [-0.1, -0.05) is 30.3 Å². The molecule has 1 aromatic heterocycles. The van der Waals surface area contributed by atoms with Crippen molar-refractivity contribution in [1.82, 2.24) is 9.88 Å². The summed E-state index contributed by atoms with van der Waals surface area (Å²) in [5.74, 6) is 0.737. The first-order chi connectivity index (χ1) is 14.6. The van der Waals surface area contributed by atoms with Crippen LogP contribution in [0.2, 0.25) is 0 Å². The molecule has 1 fully saturated rings. The molecule has 1 saturated heterocycles. The van der Waals surface area contributed by atoms with Gasteiger partial charge in [0.15, 0.2) is 6.61 Å². The molecular formula is C23H23FN2O4. The number of aromatic nitrogens is 1. The Kier molecular flexibility index (Phi) is 6.09. The molecule has 1 unspecified atom stereocenters. The molecule has 0 bridgehead atoms. The summed E-state index contributed by atoms with van der Waals surface area (Å²) in [6.07, 6.45) is 4.26. The van der Waals surface area contributed by atoms with Gasteiger partial charge >= 0.3 is 5.97 Å². The van der Waals surface area contributed by atoms with Crippen LogP contribution in [0.1, 0.15) is 41.7 Å². The largest absolute Gasteiger partial charge is 0.482 e. The fourth-order valence-electron chi connectivity index (χ4n) is 3.79. The van der Waals surface area contributed by atoms with Gasteiger partial charge in [-0.2, -0.15) is 0 Å². The van der Waals surface area contributed by atoms with Crippen molar-refractivity contribution in [2.45, 2.75) is 31.8 Å². The summed E-state index contributed by atoms with van der Waals surface area (Å²) in [5.41, 5.74) is 1.90. The lowest BCUT2D eigenvalue weighted by molar-refractivity contribution is -0.139. The number of likely N-dealkylation sites (tertiary alicyclic amines) is 1. The Morgan fingerprint density at radius 3 is 2.83 bits per heavy atom. The highest BCUT2D eigenvalue weighted by molar-refractivity contribution is 5.68. The molecule has 1 N–H and O–H groups in total. The van der Waals surface area contributed by atoms with E-state index in [0.717, 1.165) is 36.3 Å². The molecule has 0 aliphatic carbocycles. The Labute approximate surface area is 173 Å². The SMILES string of the molecule is O=C(O)COc1ccccc1CN1CCCC1c1ncc(Cc2ccc(F)cc2)o1. The third kappa shape index (κ3) is 4.86. The van der Waals surface area contributed by atoms with E-state index in [0.29, 0.717) is 24.6 Å². The van der Waals surface area contributed by atoms with Gasteiger partial charge < -0.3 is 14.3 Å². The van der Waals surface area contributed by atoms with Crippen LogP contribution in [-0.2, 0) is 17.8 Å². The molecule has 30 heavy (non-hydrogen) atoms. The number of rotatable bonds is 8. The second kappa shape index (κ2) is 9.09. The number of halogens is 1. The van der Waals surface area contributed by atoms with Crippen LogP contribution in [0.25, 0.3) is 0 Å². The van der Waals surface area contributed by atoms with Crippen LogP contribution in [0, 0.1) is 5.82 Å². The van der Waals surface area contributed by atoms with Crippen LogP contribution in [0.5, 0.6) is 5.75 Å². The zero-order chi connectivity index (χ0) is 20.9. The van der Waals surface area contributed by atoms with E-state index in [4.69, 9.17) is 14.3 Å². The molecule has 1 aliphatic rings. The first-order valence-corrected chi connectivity index (χ1v) is 9.94. The minimum Gasteiger partial charge on any atom is -0.482 e. The molecule has 6 nitrogen and oxygen atoms in total. The molecule has 4 rings (SSSR count). The first kappa shape index (κ1) is 20.1. The van der Waals surface area contributed by atoms with Crippen molar-refractivity contribution < 1.29 is 23.4 Å². The van der Waals surface area contributed by atoms with E-state index in [2.05, 4.69) is 9.88 Å². The maximum atomic E-state index is 13.1. The number of nitrogens with zero attached hydrogens (tertiary/aromatic N) is 2. The van der Waals surface area contributed by atoms with Gasteiger partial charge in [-0.05, 0) is 43.1 Å². The molecule has 0 radical (unpaired) electrons. The van der Waals surface area contributed by atoms with Crippen molar-refractivity contribution in [2.75, 3.05) is 13.2 Å². The fraction of sp³-hybridized carbons (Fsp3) is 0.304. The topological polar surface area (TPSA) is 75.8 Å². The maximum Gasteiger partial charge on any atom is 0.341 e. The van der Waals surface area contributed by atoms with Crippen molar-refractivity contribution in [2.24, 2.45) is 0 Å². The average molecular weight is 410 g/mol. The monoisotopic (exact) mass is 410 g/mol. The lowest BCUT2D eigenvalue weighted by Crippen LogP contribution is -2.23. The predicted octanol–water partition coefficient (Wildman–Crippen LogP) is 4.21. The third-order valence-corrected chi connectivity index (χ3v) is 5.21. The minimum absolute atomic E-state index is 0.0551. The predicted molar refractivity (Wildman–Crippen MR) is 108 cm³/mol. The highest BCUT2D eigenvalue weighted by atomic mass is 19.1. The summed E-state index contributed by atoms with van der Waals surface area (Å²) in [6.45, 7) is 1.15. The molecule has 0 amide bonds. The number of ether oxygens (including phenoxy) is 1. The molecule has 2 heterocycles. The van der Waals surface area contributed by atoms with Gasteiger partial charge in [0.1, 0.15) is 17.3 Å². The highest BCUT2D eigenvalue weighted by Crippen LogP contribution is 2.34. The van der Waals surface area contributed by atoms with Gasteiger partial charge in [0, 0.05) is 18.5 Å². The zero-order valence-electron chi connectivity index (χ0n) is 16.5. The van der Waals surface area contributed by atoms with Crippen molar-refractivity contribution in [3.63, 3.8) is 0 Å². The van der Waals surface area contributed by atoms with Crippen LogP contribution in [0.3, 0.4) is 0 Å². The van der Waals surface area contributed by atoms with E-state index in [1.54, 1.807) is 24.4 Å². The van der Waals surface area contributed by atoms with Gasteiger partial charge in [0.25, 0.3) is 0 Å². The van der Waals surface area contributed by atoms with Crippen molar-refractivity contribution in [1.29, 1.82) is 0 Å². The van der Waals surface area contributed by atoms with Gasteiger partial charge in [0.2, 0.25) is 5.89 Å². The molecular weight excluding hydrogens is 387 g/mol. The van der Waals surface area contributed by atoms with Crippen molar-refractivity contribution in [3.05, 3.63) is 83.3 Å².